The van der Waals surface area contributed by atoms with E-state index < -0.39 is 11.6 Å². The Hall–Kier alpha value is -2.34. The minimum atomic E-state index is -0.813. The summed E-state index contributed by atoms with van der Waals surface area (Å²) in [6, 6.07) is 7.99. The zero-order chi connectivity index (χ0) is 18.9. The molecule has 2 aliphatic heterocycles. The summed E-state index contributed by atoms with van der Waals surface area (Å²) in [6.07, 6.45) is 6.86. The van der Waals surface area contributed by atoms with Gasteiger partial charge in [-0.3, -0.25) is 14.7 Å². The molecule has 0 N–H and O–H groups in total. The summed E-state index contributed by atoms with van der Waals surface area (Å²) in [7, 11) is 0. The fourth-order valence-corrected chi connectivity index (χ4v) is 4.35. The number of amides is 1. The monoisotopic (exact) mass is 371 g/mol. The molecule has 1 amide bonds. The molecule has 1 aromatic heterocycles. The van der Waals surface area contributed by atoms with Crippen LogP contribution in [-0.4, -0.2) is 39.3 Å². The molecule has 6 heteroatoms. The molecule has 2 fully saturated rings. The van der Waals surface area contributed by atoms with Crippen LogP contribution < -0.4 is 0 Å². The van der Waals surface area contributed by atoms with Crippen molar-refractivity contribution in [2.45, 2.75) is 44.3 Å². The van der Waals surface area contributed by atoms with Gasteiger partial charge < -0.3 is 4.90 Å². The molecule has 0 saturated carbocycles. The number of halogens is 2. The standard InChI is InChI=1S/C21H23F2N3O/c22-18-4-3-16(12-19(18)23)14-25-10-7-21(8-11-25)6-5-20(27)26(21)15-17-2-1-9-24-13-17/h1-4,9,12-13H,5-8,10-11,14-15H2. The maximum atomic E-state index is 13.4. The van der Waals surface area contributed by atoms with E-state index in [0.717, 1.165) is 43.5 Å². The summed E-state index contributed by atoms with van der Waals surface area (Å²) in [5, 5.41) is 0. The normalized spacial score (nSPS) is 19.8. The predicted molar refractivity (Wildman–Crippen MR) is 97.6 cm³/mol. The lowest BCUT2D eigenvalue weighted by Crippen LogP contribution is -2.52. The van der Waals surface area contributed by atoms with Gasteiger partial charge in [0.15, 0.2) is 11.6 Å². The average molecular weight is 371 g/mol. The number of carbonyl (C=O) groups is 1. The molecule has 2 saturated heterocycles. The maximum absolute atomic E-state index is 13.4. The van der Waals surface area contributed by atoms with E-state index in [2.05, 4.69) is 9.88 Å². The lowest BCUT2D eigenvalue weighted by atomic mass is 9.84. The van der Waals surface area contributed by atoms with Crippen LogP contribution in [0.1, 0.15) is 36.8 Å². The number of benzene rings is 1. The van der Waals surface area contributed by atoms with E-state index in [1.807, 2.05) is 23.2 Å². The quantitative estimate of drug-likeness (QED) is 0.825. The fourth-order valence-electron chi connectivity index (χ4n) is 4.35. The molecule has 1 aromatic carbocycles. The molecule has 0 atom stereocenters. The van der Waals surface area contributed by atoms with E-state index in [1.54, 1.807) is 12.3 Å². The number of pyridine rings is 1. The summed E-state index contributed by atoms with van der Waals surface area (Å²) < 4.78 is 26.5. The molecule has 142 valence electrons. The summed E-state index contributed by atoms with van der Waals surface area (Å²) in [5.74, 6) is -1.40. The third kappa shape index (κ3) is 3.72. The van der Waals surface area contributed by atoms with Gasteiger partial charge in [0.1, 0.15) is 0 Å². The summed E-state index contributed by atoms with van der Waals surface area (Å²) >= 11 is 0. The lowest BCUT2D eigenvalue weighted by molar-refractivity contribution is -0.133. The van der Waals surface area contributed by atoms with E-state index in [-0.39, 0.29) is 11.4 Å². The second-order valence-corrected chi connectivity index (χ2v) is 7.59. The van der Waals surface area contributed by atoms with Crippen LogP contribution in [0.4, 0.5) is 8.78 Å². The highest BCUT2D eigenvalue weighted by Crippen LogP contribution is 2.40. The Morgan fingerprint density at radius 1 is 1.00 bits per heavy atom. The number of aromatic nitrogens is 1. The molecule has 4 nitrogen and oxygen atoms in total. The molecule has 2 aliphatic rings. The minimum absolute atomic E-state index is 0.0858. The number of hydrogen-bond acceptors (Lipinski definition) is 3. The number of likely N-dealkylation sites (tertiary alicyclic amines) is 2. The number of hydrogen-bond donors (Lipinski definition) is 0. The molecule has 0 aliphatic carbocycles. The molecule has 2 aromatic rings. The van der Waals surface area contributed by atoms with Crippen LogP contribution in [0, 0.1) is 11.6 Å². The van der Waals surface area contributed by atoms with Gasteiger partial charge in [-0.05, 0) is 48.6 Å². The Morgan fingerprint density at radius 3 is 2.52 bits per heavy atom. The van der Waals surface area contributed by atoms with Crippen LogP contribution in [0.2, 0.25) is 0 Å². The second kappa shape index (κ2) is 7.35. The third-order valence-corrected chi connectivity index (χ3v) is 5.92. The highest BCUT2D eigenvalue weighted by atomic mass is 19.2. The second-order valence-electron chi connectivity index (χ2n) is 7.59. The van der Waals surface area contributed by atoms with Crippen LogP contribution >= 0.6 is 0 Å². The Balaban J connectivity index is 1.42. The zero-order valence-electron chi connectivity index (χ0n) is 15.2. The molecular weight excluding hydrogens is 348 g/mol. The van der Waals surface area contributed by atoms with Crippen molar-refractivity contribution >= 4 is 5.91 Å². The highest BCUT2D eigenvalue weighted by molar-refractivity contribution is 5.79. The van der Waals surface area contributed by atoms with Crippen molar-refractivity contribution in [3.8, 4) is 0 Å². The van der Waals surface area contributed by atoms with Crippen LogP contribution in [0.15, 0.2) is 42.7 Å². The first kappa shape index (κ1) is 18.0. The number of rotatable bonds is 4. The Labute approximate surface area is 157 Å². The van der Waals surface area contributed by atoms with Gasteiger partial charge in [-0.1, -0.05) is 12.1 Å². The van der Waals surface area contributed by atoms with E-state index >= 15 is 0 Å². The third-order valence-electron chi connectivity index (χ3n) is 5.92. The van der Waals surface area contributed by atoms with E-state index in [0.29, 0.717) is 19.5 Å². The average Bonchev–Trinajstić information content (AvgIpc) is 2.97. The smallest absolute Gasteiger partial charge is 0.223 e. The van der Waals surface area contributed by atoms with Crippen LogP contribution in [0.3, 0.4) is 0 Å². The van der Waals surface area contributed by atoms with Crippen LogP contribution in [-0.2, 0) is 17.9 Å². The van der Waals surface area contributed by atoms with Gasteiger partial charge in [-0.25, -0.2) is 8.78 Å². The molecule has 27 heavy (non-hydrogen) atoms. The van der Waals surface area contributed by atoms with Gasteiger partial charge in [0, 0.05) is 50.5 Å². The van der Waals surface area contributed by atoms with Crippen molar-refractivity contribution in [1.29, 1.82) is 0 Å². The Bertz CT molecular complexity index is 819. The molecule has 1 spiro atoms. The molecule has 4 rings (SSSR count). The first-order valence-corrected chi connectivity index (χ1v) is 9.41. The topological polar surface area (TPSA) is 36.4 Å². The summed E-state index contributed by atoms with van der Waals surface area (Å²) in [5.41, 5.74) is 1.74. The SMILES string of the molecule is O=C1CCC2(CCN(Cc3ccc(F)c(F)c3)CC2)N1Cc1cccnc1. The van der Waals surface area contributed by atoms with Crippen molar-refractivity contribution in [3.05, 3.63) is 65.5 Å². The van der Waals surface area contributed by atoms with Crippen molar-refractivity contribution in [2.75, 3.05) is 13.1 Å². The van der Waals surface area contributed by atoms with Gasteiger partial charge >= 0.3 is 0 Å². The first-order chi connectivity index (χ1) is 13.1. The van der Waals surface area contributed by atoms with Crippen molar-refractivity contribution in [3.63, 3.8) is 0 Å². The van der Waals surface area contributed by atoms with Gasteiger partial charge in [0.05, 0.1) is 0 Å². The minimum Gasteiger partial charge on any atom is -0.333 e. The number of carbonyl (C=O) groups excluding carboxylic acids is 1. The van der Waals surface area contributed by atoms with Crippen molar-refractivity contribution < 1.29 is 13.6 Å². The first-order valence-electron chi connectivity index (χ1n) is 9.41. The molecule has 0 bridgehead atoms. The van der Waals surface area contributed by atoms with Crippen molar-refractivity contribution in [2.24, 2.45) is 0 Å². The van der Waals surface area contributed by atoms with E-state index in [1.165, 1.54) is 12.1 Å². The van der Waals surface area contributed by atoms with Gasteiger partial charge in [0.25, 0.3) is 0 Å². The summed E-state index contributed by atoms with van der Waals surface area (Å²) in [6.45, 7) is 2.89. The maximum Gasteiger partial charge on any atom is 0.223 e. The highest BCUT2D eigenvalue weighted by Gasteiger charge is 2.46. The van der Waals surface area contributed by atoms with Crippen molar-refractivity contribution in [1.82, 2.24) is 14.8 Å². The fraction of sp³-hybridized carbons (Fsp3) is 0.429. The summed E-state index contributed by atoms with van der Waals surface area (Å²) in [4.78, 5) is 21.0. The zero-order valence-corrected chi connectivity index (χ0v) is 15.2. The van der Waals surface area contributed by atoms with Crippen LogP contribution in [0.5, 0.6) is 0 Å². The molecule has 3 heterocycles. The number of nitrogens with zero attached hydrogens (tertiary/aromatic N) is 3. The number of piperidine rings is 1. The molecular formula is C21H23F2N3O. The predicted octanol–water partition coefficient (Wildman–Crippen LogP) is 3.52. The Kier molecular flexibility index (Phi) is 4.91. The lowest BCUT2D eigenvalue weighted by Gasteiger charge is -2.45. The molecule has 0 unspecified atom stereocenters. The molecule has 0 radical (unpaired) electrons. The largest absolute Gasteiger partial charge is 0.333 e. The van der Waals surface area contributed by atoms with E-state index in [4.69, 9.17) is 0 Å². The Morgan fingerprint density at radius 2 is 1.81 bits per heavy atom. The van der Waals surface area contributed by atoms with Gasteiger partial charge in [-0.2, -0.15) is 0 Å². The van der Waals surface area contributed by atoms with Gasteiger partial charge in [-0.15, -0.1) is 0 Å². The van der Waals surface area contributed by atoms with Crippen LogP contribution in [0.25, 0.3) is 0 Å². The van der Waals surface area contributed by atoms with Gasteiger partial charge in [0.2, 0.25) is 5.91 Å². The van der Waals surface area contributed by atoms with E-state index in [9.17, 15) is 13.6 Å².